The van der Waals surface area contributed by atoms with E-state index < -0.39 is 4.92 Å². The normalized spacial score (nSPS) is 21.5. The van der Waals surface area contributed by atoms with Crippen LogP contribution in [-0.4, -0.2) is 11.1 Å². The van der Waals surface area contributed by atoms with Gasteiger partial charge in [0.25, 0.3) is 5.69 Å². The van der Waals surface area contributed by atoms with E-state index in [1.165, 1.54) is 34.5 Å². The van der Waals surface area contributed by atoms with Crippen LogP contribution in [0.2, 0.25) is 0 Å². The Bertz CT molecular complexity index is 1180. The lowest BCUT2D eigenvalue weighted by atomic mass is 9.76. The molecule has 0 spiro atoms. The summed E-state index contributed by atoms with van der Waals surface area (Å²) >= 11 is 0. The van der Waals surface area contributed by atoms with Crippen LogP contribution in [0, 0.1) is 23.0 Å². The molecule has 0 amide bonds. The number of nitrogens with zero attached hydrogens (tertiary/aromatic N) is 2. The number of non-ortho nitro benzene ring substituents is 1. The van der Waals surface area contributed by atoms with Crippen molar-refractivity contribution in [2.45, 2.75) is 25.3 Å². The largest absolute Gasteiger partial charge is 0.378 e. The van der Waals surface area contributed by atoms with Crippen LogP contribution in [0.4, 0.5) is 17.1 Å². The summed E-state index contributed by atoms with van der Waals surface area (Å²) in [5.74, 6) is 0.977. The van der Waals surface area contributed by atoms with Crippen molar-refractivity contribution in [2.24, 2.45) is 10.9 Å². The first-order valence-electron chi connectivity index (χ1n) is 10.5. The third kappa shape index (κ3) is 3.75. The molecule has 0 fully saturated rings. The van der Waals surface area contributed by atoms with Gasteiger partial charge in [-0.1, -0.05) is 42.0 Å². The molecule has 3 unspecified atom stereocenters. The Labute approximate surface area is 181 Å². The fourth-order valence-electron chi connectivity index (χ4n) is 4.64. The molecule has 5 nitrogen and oxygen atoms in total. The zero-order valence-electron chi connectivity index (χ0n) is 17.2. The lowest BCUT2D eigenvalue weighted by Crippen LogP contribution is -2.29. The number of nitro benzene ring substituents is 1. The van der Waals surface area contributed by atoms with E-state index in [-0.39, 0.29) is 11.7 Å². The van der Waals surface area contributed by atoms with Gasteiger partial charge >= 0.3 is 0 Å². The molecule has 5 rings (SSSR count). The van der Waals surface area contributed by atoms with E-state index >= 15 is 0 Å². The maximum Gasteiger partial charge on any atom is 0.269 e. The van der Waals surface area contributed by atoms with E-state index in [2.05, 4.69) is 59.7 Å². The Balaban J connectivity index is 1.35. The van der Waals surface area contributed by atoms with Crippen LogP contribution >= 0.6 is 0 Å². The highest BCUT2D eigenvalue weighted by Crippen LogP contribution is 2.50. The number of nitro groups is 1. The highest BCUT2D eigenvalue weighted by molar-refractivity contribution is 5.82. The Morgan fingerprint density at radius 3 is 2.58 bits per heavy atom. The fourth-order valence-corrected chi connectivity index (χ4v) is 4.64. The van der Waals surface area contributed by atoms with E-state index in [4.69, 9.17) is 0 Å². The smallest absolute Gasteiger partial charge is 0.269 e. The van der Waals surface area contributed by atoms with Crippen molar-refractivity contribution in [2.75, 3.05) is 5.32 Å². The van der Waals surface area contributed by atoms with Gasteiger partial charge in [-0.15, -0.1) is 0 Å². The van der Waals surface area contributed by atoms with Gasteiger partial charge in [-0.2, -0.15) is 0 Å². The van der Waals surface area contributed by atoms with Gasteiger partial charge in [-0.05, 0) is 66.3 Å². The number of rotatable bonds is 4. The number of aliphatic imine (C=N–C) groups is 1. The van der Waals surface area contributed by atoms with Crippen molar-refractivity contribution < 1.29 is 4.92 Å². The molecule has 3 atom stereocenters. The number of fused-ring (bicyclic) bond motifs is 3. The Morgan fingerprint density at radius 1 is 1.06 bits per heavy atom. The van der Waals surface area contributed by atoms with Gasteiger partial charge in [0.15, 0.2) is 0 Å². The molecule has 1 aliphatic heterocycles. The zero-order valence-corrected chi connectivity index (χ0v) is 17.2. The highest BCUT2D eigenvalue weighted by atomic mass is 16.6. The maximum absolute atomic E-state index is 10.8. The van der Waals surface area contributed by atoms with Crippen LogP contribution < -0.4 is 5.32 Å². The third-order valence-corrected chi connectivity index (χ3v) is 6.24. The van der Waals surface area contributed by atoms with Crippen molar-refractivity contribution >= 4 is 23.3 Å². The molecule has 0 bridgehead atoms. The van der Waals surface area contributed by atoms with Crippen molar-refractivity contribution in [3.8, 4) is 0 Å². The van der Waals surface area contributed by atoms with E-state index in [0.717, 1.165) is 17.7 Å². The van der Waals surface area contributed by atoms with Crippen LogP contribution in [-0.2, 0) is 0 Å². The number of anilines is 1. The van der Waals surface area contributed by atoms with E-state index in [0.29, 0.717) is 11.8 Å². The van der Waals surface area contributed by atoms with Crippen LogP contribution in [0.15, 0.2) is 83.9 Å². The van der Waals surface area contributed by atoms with Gasteiger partial charge in [0.1, 0.15) is 0 Å². The number of aryl methyl sites for hydroxylation is 1. The second-order valence-electron chi connectivity index (χ2n) is 8.26. The van der Waals surface area contributed by atoms with Crippen molar-refractivity contribution in [1.29, 1.82) is 0 Å². The second-order valence-corrected chi connectivity index (χ2v) is 8.26. The minimum absolute atomic E-state index is 0.0814. The first-order valence-corrected chi connectivity index (χ1v) is 10.5. The molecule has 1 N–H and O–H groups in total. The van der Waals surface area contributed by atoms with Gasteiger partial charge in [-0.25, -0.2) is 0 Å². The van der Waals surface area contributed by atoms with Gasteiger partial charge in [-0.3, -0.25) is 15.1 Å². The van der Waals surface area contributed by atoms with Gasteiger partial charge in [0.05, 0.1) is 16.7 Å². The molecule has 3 aromatic rings. The Kier molecular flexibility index (Phi) is 4.86. The first-order chi connectivity index (χ1) is 15.1. The Hall–Kier alpha value is -3.73. The van der Waals surface area contributed by atoms with E-state index in [1.807, 2.05) is 12.1 Å². The van der Waals surface area contributed by atoms with Crippen molar-refractivity contribution in [1.82, 2.24) is 0 Å². The van der Waals surface area contributed by atoms with Crippen LogP contribution in [0.1, 0.15) is 40.6 Å². The average molecular weight is 409 g/mol. The fraction of sp³-hybridized carbons (Fsp3) is 0.192. The first kappa shape index (κ1) is 19.2. The number of hydrogen-bond donors (Lipinski definition) is 1. The summed E-state index contributed by atoms with van der Waals surface area (Å²) in [6.07, 6.45) is 7.48. The molecule has 2 aliphatic rings. The maximum atomic E-state index is 10.8. The van der Waals surface area contributed by atoms with Crippen LogP contribution in [0.25, 0.3) is 0 Å². The molecule has 0 radical (unpaired) electrons. The third-order valence-electron chi connectivity index (χ3n) is 6.24. The molecule has 0 saturated carbocycles. The molecule has 1 aliphatic carbocycles. The minimum Gasteiger partial charge on any atom is -0.378 e. The Morgan fingerprint density at radius 2 is 1.84 bits per heavy atom. The predicted octanol–water partition coefficient (Wildman–Crippen LogP) is 6.48. The molecule has 5 heteroatoms. The molecule has 1 heterocycles. The van der Waals surface area contributed by atoms with Crippen molar-refractivity contribution in [3.63, 3.8) is 0 Å². The summed E-state index contributed by atoms with van der Waals surface area (Å²) in [7, 11) is 0. The molecule has 3 aromatic carbocycles. The molecular formula is C26H23N3O2. The van der Waals surface area contributed by atoms with Gasteiger partial charge in [0.2, 0.25) is 0 Å². The van der Waals surface area contributed by atoms with Gasteiger partial charge in [0, 0.05) is 30.0 Å². The lowest BCUT2D eigenvalue weighted by Gasteiger charge is -2.37. The standard InChI is InChI=1S/C26H23N3O2/c1-17-5-14-25-24(15-17)22-3-2-4-23(22)26(28-25)19-8-10-20(11-9-19)27-16-18-6-12-21(13-7-18)29(30)31/h2-3,5-16,22-23,26,28H,4H2,1H3. The van der Waals surface area contributed by atoms with Crippen LogP contribution in [0.3, 0.4) is 0 Å². The summed E-state index contributed by atoms with van der Waals surface area (Å²) in [5.41, 5.74) is 6.96. The molecular weight excluding hydrogens is 386 g/mol. The van der Waals surface area contributed by atoms with Crippen molar-refractivity contribution in [3.05, 3.63) is 111 Å². The summed E-state index contributed by atoms with van der Waals surface area (Å²) < 4.78 is 0. The average Bonchev–Trinajstić information content (AvgIpc) is 3.28. The van der Waals surface area contributed by atoms with E-state index in [1.54, 1.807) is 18.3 Å². The minimum atomic E-state index is -0.400. The summed E-state index contributed by atoms with van der Waals surface area (Å²) in [4.78, 5) is 14.9. The molecule has 0 aromatic heterocycles. The summed E-state index contributed by atoms with van der Waals surface area (Å²) in [6.45, 7) is 2.15. The number of hydrogen-bond acceptors (Lipinski definition) is 4. The number of allylic oxidation sites excluding steroid dienone is 2. The lowest BCUT2D eigenvalue weighted by molar-refractivity contribution is -0.384. The zero-order chi connectivity index (χ0) is 21.4. The SMILES string of the molecule is Cc1ccc2c(c1)C1C=CCC1C(c1ccc(N=Cc3ccc([N+](=O)[O-])cc3)cc1)N2. The van der Waals surface area contributed by atoms with Crippen LogP contribution in [0.5, 0.6) is 0 Å². The molecule has 31 heavy (non-hydrogen) atoms. The monoisotopic (exact) mass is 409 g/mol. The number of benzene rings is 3. The number of nitrogens with one attached hydrogen (secondary N) is 1. The summed E-state index contributed by atoms with van der Waals surface area (Å²) in [6, 6.07) is 21.7. The molecule has 154 valence electrons. The molecule has 0 saturated heterocycles. The quantitative estimate of drug-likeness (QED) is 0.232. The predicted molar refractivity (Wildman–Crippen MR) is 124 cm³/mol. The van der Waals surface area contributed by atoms with E-state index in [9.17, 15) is 10.1 Å². The topological polar surface area (TPSA) is 67.5 Å². The second kappa shape index (κ2) is 7.84. The summed E-state index contributed by atoms with van der Waals surface area (Å²) in [5, 5.41) is 14.5. The highest BCUT2D eigenvalue weighted by Gasteiger charge is 2.37. The van der Waals surface area contributed by atoms with Gasteiger partial charge < -0.3 is 5.32 Å².